The van der Waals surface area contributed by atoms with Gasteiger partial charge in [0.15, 0.2) is 0 Å². The minimum Gasteiger partial charge on any atom is -0.308 e. The summed E-state index contributed by atoms with van der Waals surface area (Å²) in [7, 11) is 3.94. The molecule has 0 fully saturated rings. The van der Waals surface area contributed by atoms with Crippen LogP contribution < -0.4 is 5.32 Å². The van der Waals surface area contributed by atoms with Gasteiger partial charge in [-0.15, -0.1) is 0 Å². The zero-order valence-electron chi connectivity index (χ0n) is 10.5. The van der Waals surface area contributed by atoms with Crippen molar-refractivity contribution < 1.29 is 0 Å². The average Bonchev–Trinajstić information content (AvgIpc) is 2.67. The van der Waals surface area contributed by atoms with E-state index in [9.17, 15) is 0 Å². The van der Waals surface area contributed by atoms with E-state index in [1.165, 1.54) is 14.7 Å². The number of rotatable bonds is 3. The summed E-state index contributed by atoms with van der Waals surface area (Å²) in [5, 5.41) is 7.66. The molecule has 0 spiro atoms. The van der Waals surface area contributed by atoms with Gasteiger partial charge in [-0.3, -0.25) is 4.68 Å². The molecule has 0 saturated heterocycles. The third-order valence-corrected chi connectivity index (χ3v) is 5.12. The molecule has 1 N–H and O–H groups in total. The first kappa shape index (κ1) is 14.0. The molecule has 3 nitrogen and oxygen atoms in total. The van der Waals surface area contributed by atoms with E-state index in [-0.39, 0.29) is 6.04 Å². The van der Waals surface area contributed by atoms with Gasteiger partial charge in [0.2, 0.25) is 0 Å². The van der Waals surface area contributed by atoms with Gasteiger partial charge in [-0.1, -0.05) is 18.2 Å². The van der Waals surface area contributed by atoms with Crippen molar-refractivity contribution in [2.45, 2.75) is 13.0 Å². The quantitative estimate of drug-likeness (QED) is 0.772. The van der Waals surface area contributed by atoms with Crippen LogP contribution in [-0.2, 0) is 7.05 Å². The van der Waals surface area contributed by atoms with Crippen LogP contribution in [0.1, 0.15) is 22.9 Å². The van der Waals surface area contributed by atoms with Crippen molar-refractivity contribution >= 4 is 38.5 Å². The fourth-order valence-corrected chi connectivity index (χ4v) is 3.33. The lowest BCUT2D eigenvalue weighted by Crippen LogP contribution is -2.22. The Hall–Kier alpha value is -0.400. The molecule has 0 radical (unpaired) electrons. The normalized spacial score (nSPS) is 12.7. The van der Waals surface area contributed by atoms with Crippen LogP contribution in [-0.4, -0.2) is 16.8 Å². The van der Waals surface area contributed by atoms with E-state index in [1.807, 2.05) is 25.0 Å². The number of benzene rings is 1. The summed E-state index contributed by atoms with van der Waals surface area (Å²) >= 11 is 5.98. The highest BCUT2D eigenvalue weighted by Gasteiger charge is 2.21. The van der Waals surface area contributed by atoms with Crippen LogP contribution in [0.5, 0.6) is 0 Å². The highest BCUT2D eigenvalue weighted by Crippen LogP contribution is 2.31. The highest BCUT2D eigenvalue weighted by molar-refractivity contribution is 14.1. The van der Waals surface area contributed by atoms with Gasteiger partial charge in [0.05, 0.1) is 22.4 Å². The Bertz CT molecular complexity index is 546. The van der Waals surface area contributed by atoms with Gasteiger partial charge < -0.3 is 5.32 Å². The summed E-state index contributed by atoms with van der Waals surface area (Å²) in [5.74, 6) is 0. The molecule has 0 bridgehead atoms. The minimum absolute atomic E-state index is 0.138. The van der Waals surface area contributed by atoms with Crippen LogP contribution in [0.3, 0.4) is 0 Å². The molecule has 0 aliphatic rings. The predicted molar refractivity (Wildman–Crippen MR) is 85.7 cm³/mol. The van der Waals surface area contributed by atoms with Gasteiger partial charge in [0.1, 0.15) is 0 Å². The number of nitrogens with one attached hydrogen (secondary N) is 1. The molecule has 1 atom stereocenters. The largest absolute Gasteiger partial charge is 0.308 e. The summed E-state index contributed by atoms with van der Waals surface area (Å²) in [6, 6.07) is 6.53. The van der Waals surface area contributed by atoms with Gasteiger partial charge in [-0.05, 0) is 63.6 Å². The second-order valence-electron chi connectivity index (χ2n) is 4.20. The molecular formula is C13H15BrIN3. The molecule has 1 aromatic carbocycles. The zero-order chi connectivity index (χ0) is 13.3. The lowest BCUT2D eigenvalue weighted by molar-refractivity contribution is 0.602. The third-order valence-electron chi connectivity index (χ3n) is 3.03. The molecule has 5 heteroatoms. The molecule has 1 aromatic heterocycles. The molecular weight excluding hydrogens is 405 g/mol. The predicted octanol–water partition coefficient (Wildman–Crippen LogP) is 3.40. The molecule has 96 valence electrons. The smallest absolute Gasteiger partial charge is 0.0767 e. The molecule has 0 saturated carbocycles. The van der Waals surface area contributed by atoms with E-state index in [0.29, 0.717) is 0 Å². The molecule has 0 amide bonds. The van der Waals surface area contributed by atoms with Crippen molar-refractivity contribution in [2.75, 3.05) is 7.05 Å². The number of hydrogen-bond donors (Lipinski definition) is 1. The lowest BCUT2D eigenvalue weighted by atomic mass is 10.0. The molecule has 0 aliphatic heterocycles. The topological polar surface area (TPSA) is 29.9 Å². The summed E-state index contributed by atoms with van der Waals surface area (Å²) in [6.45, 7) is 2.14. The molecule has 2 aromatic rings. The van der Waals surface area contributed by atoms with E-state index in [1.54, 1.807) is 0 Å². The fourth-order valence-electron chi connectivity index (χ4n) is 2.08. The van der Waals surface area contributed by atoms with Crippen LogP contribution in [0, 0.1) is 10.5 Å². The van der Waals surface area contributed by atoms with Crippen molar-refractivity contribution in [1.82, 2.24) is 15.1 Å². The molecule has 2 rings (SSSR count). The van der Waals surface area contributed by atoms with E-state index in [2.05, 4.69) is 74.1 Å². The number of halogens is 2. The summed E-state index contributed by atoms with van der Waals surface area (Å²) in [5.41, 5.74) is 3.72. The SMILES string of the molecule is CNC(c1cccc(C)c1I)c1c(Br)cnn1C. The Morgan fingerprint density at radius 2 is 2.17 bits per heavy atom. The first-order chi connectivity index (χ1) is 8.56. The van der Waals surface area contributed by atoms with Gasteiger partial charge >= 0.3 is 0 Å². The van der Waals surface area contributed by atoms with Crippen LogP contribution in [0.15, 0.2) is 28.9 Å². The van der Waals surface area contributed by atoms with E-state index in [0.717, 1.165) is 10.2 Å². The van der Waals surface area contributed by atoms with Crippen molar-refractivity contribution in [3.63, 3.8) is 0 Å². The maximum absolute atomic E-state index is 4.29. The number of hydrogen-bond acceptors (Lipinski definition) is 2. The molecule has 18 heavy (non-hydrogen) atoms. The highest BCUT2D eigenvalue weighted by atomic mass is 127. The monoisotopic (exact) mass is 419 g/mol. The maximum atomic E-state index is 4.29. The summed E-state index contributed by atoms with van der Waals surface area (Å²) in [4.78, 5) is 0. The van der Waals surface area contributed by atoms with Crippen molar-refractivity contribution in [3.05, 3.63) is 49.3 Å². The third kappa shape index (κ3) is 2.48. The van der Waals surface area contributed by atoms with Crippen LogP contribution in [0.25, 0.3) is 0 Å². The first-order valence-electron chi connectivity index (χ1n) is 5.66. The maximum Gasteiger partial charge on any atom is 0.0767 e. The van der Waals surface area contributed by atoms with Gasteiger partial charge in [0.25, 0.3) is 0 Å². The standard InChI is InChI=1S/C13H15BrIN3/c1-8-5-4-6-9(11(8)15)12(16-2)13-10(14)7-17-18(13)3/h4-7,12,16H,1-3H3. The van der Waals surface area contributed by atoms with Crippen molar-refractivity contribution in [1.29, 1.82) is 0 Å². The molecule has 1 heterocycles. The van der Waals surface area contributed by atoms with Gasteiger partial charge in [-0.25, -0.2) is 0 Å². The number of nitrogens with zero attached hydrogens (tertiary/aromatic N) is 2. The van der Waals surface area contributed by atoms with Crippen molar-refractivity contribution in [3.8, 4) is 0 Å². The van der Waals surface area contributed by atoms with Gasteiger partial charge in [-0.2, -0.15) is 5.10 Å². The number of aryl methyl sites for hydroxylation is 2. The Morgan fingerprint density at radius 3 is 2.72 bits per heavy atom. The van der Waals surface area contributed by atoms with Crippen molar-refractivity contribution in [2.24, 2.45) is 7.05 Å². The Kier molecular flexibility index (Phi) is 4.45. The van der Waals surface area contributed by atoms with E-state index < -0.39 is 0 Å². The Morgan fingerprint density at radius 1 is 1.44 bits per heavy atom. The summed E-state index contributed by atoms with van der Waals surface area (Å²) in [6.07, 6.45) is 1.84. The van der Waals surface area contributed by atoms with Crippen LogP contribution in [0.4, 0.5) is 0 Å². The van der Waals surface area contributed by atoms with E-state index in [4.69, 9.17) is 0 Å². The Labute approximate surface area is 129 Å². The van der Waals surface area contributed by atoms with Crippen LogP contribution in [0.2, 0.25) is 0 Å². The number of aromatic nitrogens is 2. The summed E-state index contributed by atoms with van der Waals surface area (Å²) < 4.78 is 4.23. The first-order valence-corrected chi connectivity index (χ1v) is 7.53. The zero-order valence-corrected chi connectivity index (χ0v) is 14.3. The second-order valence-corrected chi connectivity index (χ2v) is 6.13. The molecule has 0 aliphatic carbocycles. The van der Waals surface area contributed by atoms with E-state index >= 15 is 0 Å². The molecule has 1 unspecified atom stereocenters. The van der Waals surface area contributed by atoms with Gasteiger partial charge in [0, 0.05) is 10.6 Å². The average molecular weight is 420 g/mol. The minimum atomic E-state index is 0.138. The Balaban J connectivity index is 2.56. The second kappa shape index (κ2) is 5.71. The fraction of sp³-hybridized carbons (Fsp3) is 0.308. The van der Waals surface area contributed by atoms with Crippen LogP contribution >= 0.6 is 38.5 Å². The lowest BCUT2D eigenvalue weighted by Gasteiger charge is -2.20.